The third-order valence-corrected chi connectivity index (χ3v) is 2.53. The van der Waals surface area contributed by atoms with Crippen LogP contribution in [0.3, 0.4) is 0 Å². The summed E-state index contributed by atoms with van der Waals surface area (Å²) >= 11 is 0. The standard InChI is InChI=1S/C12H19N/c1-9(2)11(4)8-12-7-10(3)5-6-13-12/h5-6,8-9,12H,7H2,1-4H3/b11-8+. The number of rotatable bonds is 2. The highest BCUT2D eigenvalue weighted by atomic mass is 14.8. The summed E-state index contributed by atoms with van der Waals surface area (Å²) in [6.07, 6.45) is 7.39. The van der Waals surface area contributed by atoms with Gasteiger partial charge in [-0.3, -0.25) is 4.99 Å². The molecule has 0 aliphatic carbocycles. The third kappa shape index (κ3) is 3.17. The van der Waals surface area contributed by atoms with Crippen LogP contribution in [0.1, 0.15) is 34.1 Å². The lowest BCUT2D eigenvalue weighted by molar-refractivity contribution is 0.729. The zero-order valence-electron chi connectivity index (χ0n) is 9.04. The van der Waals surface area contributed by atoms with E-state index in [0.717, 1.165) is 6.42 Å². The van der Waals surface area contributed by atoms with Gasteiger partial charge in [0.05, 0.1) is 6.04 Å². The van der Waals surface area contributed by atoms with Gasteiger partial charge in [-0.2, -0.15) is 0 Å². The van der Waals surface area contributed by atoms with Gasteiger partial charge in [-0.05, 0) is 32.3 Å². The molecule has 0 N–H and O–H groups in total. The molecule has 1 nitrogen and oxygen atoms in total. The minimum atomic E-state index is 0.382. The van der Waals surface area contributed by atoms with Crippen molar-refractivity contribution in [2.24, 2.45) is 10.9 Å². The molecule has 1 unspecified atom stereocenters. The van der Waals surface area contributed by atoms with Crippen molar-refractivity contribution < 1.29 is 0 Å². The molecule has 1 aliphatic heterocycles. The molecule has 0 aromatic rings. The first-order chi connectivity index (χ1) is 6.09. The molecule has 0 fully saturated rings. The number of aliphatic imine (C=N–C) groups is 1. The van der Waals surface area contributed by atoms with Crippen LogP contribution < -0.4 is 0 Å². The number of allylic oxidation sites excluding steroid dienone is 2. The summed E-state index contributed by atoms with van der Waals surface area (Å²) in [5, 5.41) is 0. The van der Waals surface area contributed by atoms with Crippen molar-refractivity contribution >= 4 is 6.21 Å². The summed E-state index contributed by atoms with van der Waals surface area (Å²) in [5.74, 6) is 0.640. The first kappa shape index (κ1) is 10.2. The molecule has 0 bridgehead atoms. The predicted octanol–water partition coefficient (Wildman–Crippen LogP) is 3.38. The van der Waals surface area contributed by atoms with Crippen LogP contribution in [0.5, 0.6) is 0 Å². The van der Waals surface area contributed by atoms with Crippen molar-refractivity contribution in [1.29, 1.82) is 0 Å². The van der Waals surface area contributed by atoms with Gasteiger partial charge in [0.25, 0.3) is 0 Å². The zero-order valence-corrected chi connectivity index (χ0v) is 9.04. The topological polar surface area (TPSA) is 12.4 Å². The molecule has 72 valence electrons. The Kier molecular flexibility index (Phi) is 3.47. The highest BCUT2D eigenvalue weighted by molar-refractivity contribution is 5.73. The lowest BCUT2D eigenvalue weighted by Gasteiger charge is -2.14. The average molecular weight is 177 g/mol. The fraction of sp³-hybridized carbons (Fsp3) is 0.583. The van der Waals surface area contributed by atoms with E-state index >= 15 is 0 Å². The Labute approximate surface area is 81.3 Å². The monoisotopic (exact) mass is 177 g/mol. The van der Waals surface area contributed by atoms with Gasteiger partial charge in [0.1, 0.15) is 0 Å². The normalized spacial score (nSPS) is 23.6. The van der Waals surface area contributed by atoms with Crippen molar-refractivity contribution in [2.45, 2.75) is 40.2 Å². The predicted molar refractivity (Wildman–Crippen MR) is 59.2 cm³/mol. The smallest absolute Gasteiger partial charge is 0.0719 e. The summed E-state index contributed by atoms with van der Waals surface area (Å²) in [6.45, 7) is 8.80. The van der Waals surface area contributed by atoms with Gasteiger partial charge in [0.2, 0.25) is 0 Å². The Morgan fingerprint density at radius 3 is 2.85 bits per heavy atom. The van der Waals surface area contributed by atoms with Crippen LogP contribution in [0.2, 0.25) is 0 Å². The zero-order chi connectivity index (χ0) is 9.84. The fourth-order valence-electron chi connectivity index (χ4n) is 1.33. The van der Waals surface area contributed by atoms with E-state index in [2.05, 4.69) is 44.8 Å². The number of dihydropyridines is 1. The first-order valence-electron chi connectivity index (χ1n) is 4.97. The van der Waals surface area contributed by atoms with Gasteiger partial charge in [0, 0.05) is 6.21 Å². The summed E-state index contributed by atoms with van der Waals surface area (Å²) in [6, 6.07) is 0.382. The summed E-state index contributed by atoms with van der Waals surface area (Å²) in [4.78, 5) is 4.42. The van der Waals surface area contributed by atoms with Crippen molar-refractivity contribution in [3.05, 3.63) is 23.3 Å². The molecule has 0 radical (unpaired) electrons. The van der Waals surface area contributed by atoms with E-state index in [1.165, 1.54) is 11.1 Å². The van der Waals surface area contributed by atoms with Crippen molar-refractivity contribution in [2.75, 3.05) is 0 Å². The van der Waals surface area contributed by atoms with E-state index in [-0.39, 0.29) is 0 Å². The van der Waals surface area contributed by atoms with Gasteiger partial charge < -0.3 is 0 Å². The van der Waals surface area contributed by atoms with Crippen LogP contribution in [0.25, 0.3) is 0 Å². The van der Waals surface area contributed by atoms with Gasteiger partial charge >= 0.3 is 0 Å². The van der Waals surface area contributed by atoms with E-state index < -0.39 is 0 Å². The van der Waals surface area contributed by atoms with Crippen LogP contribution in [-0.2, 0) is 0 Å². The van der Waals surface area contributed by atoms with Crippen molar-refractivity contribution in [1.82, 2.24) is 0 Å². The highest BCUT2D eigenvalue weighted by Crippen LogP contribution is 2.17. The molecule has 0 aromatic carbocycles. The molecule has 1 rings (SSSR count). The maximum Gasteiger partial charge on any atom is 0.0719 e. The van der Waals surface area contributed by atoms with Crippen LogP contribution in [-0.4, -0.2) is 12.3 Å². The minimum Gasteiger partial charge on any atom is -0.285 e. The number of nitrogens with zero attached hydrogens (tertiary/aromatic N) is 1. The molecule has 0 saturated heterocycles. The minimum absolute atomic E-state index is 0.382. The molecule has 1 heterocycles. The molecule has 0 spiro atoms. The molecular formula is C12H19N. The van der Waals surface area contributed by atoms with Crippen LogP contribution in [0, 0.1) is 5.92 Å². The Morgan fingerprint density at radius 1 is 1.62 bits per heavy atom. The van der Waals surface area contributed by atoms with Gasteiger partial charge in [0.15, 0.2) is 0 Å². The third-order valence-electron chi connectivity index (χ3n) is 2.53. The Hall–Kier alpha value is -0.850. The molecule has 0 amide bonds. The maximum atomic E-state index is 4.42. The lowest BCUT2D eigenvalue weighted by atomic mass is 9.98. The Morgan fingerprint density at radius 2 is 2.31 bits per heavy atom. The number of hydrogen-bond donors (Lipinski definition) is 0. The SMILES string of the molecule is CC1=CC=NC(/C=C(\C)C(C)C)C1. The van der Waals surface area contributed by atoms with Gasteiger partial charge in [-0.25, -0.2) is 0 Å². The second kappa shape index (κ2) is 4.40. The quantitative estimate of drug-likeness (QED) is 0.573. The van der Waals surface area contributed by atoms with Crippen LogP contribution >= 0.6 is 0 Å². The molecule has 1 aliphatic rings. The van der Waals surface area contributed by atoms with E-state index in [9.17, 15) is 0 Å². The second-order valence-corrected chi connectivity index (χ2v) is 4.15. The Bertz CT molecular complexity index is 256. The summed E-state index contributed by atoms with van der Waals surface area (Å²) < 4.78 is 0. The van der Waals surface area contributed by atoms with Crippen molar-refractivity contribution in [3.63, 3.8) is 0 Å². The molecule has 13 heavy (non-hydrogen) atoms. The molecule has 0 aromatic heterocycles. The average Bonchev–Trinajstić information content (AvgIpc) is 2.04. The van der Waals surface area contributed by atoms with E-state index in [4.69, 9.17) is 0 Å². The maximum absolute atomic E-state index is 4.42. The largest absolute Gasteiger partial charge is 0.285 e. The molecule has 0 saturated carbocycles. The van der Waals surface area contributed by atoms with E-state index in [1.807, 2.05) is 6.21 Å². The Balaban J connectivity index is 2.62. The van der Waals surface area contributed by atoms with Gasteiger partial charge in [-0.15, -0.1) is 0 Å². The molecule has 1 heteroatoms. The van der Waals surface area contributed by atoms with Crippen LogP contribution in [0.4, 0.5) is 0 Å². The molecular weight excluding hydrogens is 158 g/mol. The van der Waals surface area contributed by atoms with Crippen molar-refractivity contribution in [3.8, 4) is 0 Å². The van der Waals surface area contributed by atoms with E-state index in [1.54, 1.807) is 0 Å². The second-order valence-electron chi connectivity index (χ2n) is 4.15. The highest BCUT2D eigenvalue weighted by Gasteiger charge is 2.08. The summed E-state index contributed by atoms with van der Waals surface area (Å²) in [7, 11) is 0. The fourth-order valence-corrected chi connectivity index (χ4v) is 1.33. The summed E-state index contributed by atoms with van der Waals surface area (Å²) in [5.41, 5.74) is 2.87. The number of hydrogen-bond acceptors (Lipinski definition) is 1. The lowest BCUT2D eigenvalue weighted by Crippen LogP contribution is -2.07. The van der Waals surface area contributed by atoms with E-state index in [0.29, 0.717) is 12.0 Å². The first-order valence-corrected chi connectivity index (χ1v) is 4.97. The molecule has 1 atom stereocenters. The van der Waals surface area contributed by atoms with Crippen LogP contribution in [0.15, 0.2) is 28.3 Å². The van der Waals surface area contributed by atoms with Gasteiger partial charge in [-0.1, -0.05) is 31.1 Å².